The quantitative estimate of drug-likeness (QED) is 0.464. The van der Waals surface area contributed by atoms with Gasteiger partial charge in [0.25, 0.3) is 0 Å². The smallest absolute Gasteiger partial charge is 0.312 e. The van der Waals surface area contributed by atoms with Crippen LogP contribution in [0.5, 0.6) is 0 Å². The number of rotatable bonds is 4. The number of aliphatic hydroxyl groups excluding tert-OH is 1. The second kappa shape index (κ2) is 5.82. The fourth-order valence-electron chi connectivity index (χ4n) is 1.79. The maximum absolute atomic E-state index is 10.3. The van der Waals surface area contributed by atoms with Crippen LogP contribution >= 0.6 is 0 Å². The first-order chi connectivity index (χ1) is 6.70. The molecule has 2 atom stereocenters. The standard InChI is InChI=1S/C9H19N3O2/c10-9(14)12-6-5-11-7-3-1-2-4-8(7)13/h7-8,11,13H,1-6H2,(H3,10,12,14)/t7-,8-/m1/s1. The molecule has 0 aliphatic heterocycles. The molecule has 0 spiro atoms. The zero-order valence-corrected chi connectivity index (χ0v) is 8.33. The lowest BCUT2D eigenvalue weighted by Gasteiger charge is -2.28. The number of hydrogen-bond donors (Lipinski definition) is 4. The van der Waals surface area contributed by atoms with E-state index in [-0.39, 0.29) is 12.1 Å². The highest BCUT2D eigenvalue weighted by molar-refractivity contribution is 5.71. The Balaban J connectivity index is 2.07. The Labute approximate surface area is 84.0 Å². The molecule has 1 saturated carbocycles. The van der Waals surface area contributed by atoms with E-state index in [1.807, 2.05) is 0 Å². The van der Waals surface area contributed by atoms with E-state index in [1.165, 1.54) is 0 Å². The maximum atomic E-state index is 10.3. The van der Waals surface area contributed by atoms with E-state index in [9.17, 15) is 9.90 Å². The lowest BCUT2D eigenvalue weighted by molar-refractivity contribution is 0.0914. The molecule has 1 fully saturated rings. The minimum atomic E-state index is -0.504. The molecular weight excluding hydrogens is 182 g/mol. The number of carbonyl (C=O) groups excluding carboxylic acids is 1. The van der Waals surface area contributed by atoms with Crippen LogP contribution in [-0.4, -0.2) is 36.4 Å². The Hall–Kier alpha value is -0.810. The molecule has 0 saturated heterocycles. The van der Waals surface area contributed by atoms with E-state index >= 15 is 0 Å². The van der Waals surface area contributed by atoms with Gasteiger partial charge in [0.15, 0.2) is 0 Å². The average Bonchev–Trinajstić information content (AvgIpc) is 2.15. The van der Waals surface area contributed by atoms with Crippen LogP contribution in [0, 0.1) is 0 Å². The maximum Gasteiger partial charge on any atom is 0.312 e. The molecule has 14 heavy (non-hydrogen) atoms. The lowest BCUT2D eigenvalue weighted by Crippen LogP contribution is -2.45. The van der Waals surface area contributed by atoms with Gasteiger partial charge in [0.05, 0.1) is 6.10 Å². The van der Waals surface area contributed by atoms with E-state index in [4.69, 9.17) is 5.73 Å². The van der Waals surface area contributed by atoms with Crippen molar-refractivity contribution in [1.29, 1.82) is 0 Å². The molecule has 0 aromatic heterocycles. The van der Waals surface area contributed by atoms with E-state index in [0.29, 0.717) is 13.1 Å². The molecule has 1 aliphatic carbocycles. The Kier molecular flexibility index (Phi) is 4.69. The van der Waals surface area contributed by atoms with Gasteiger partial charge in [-0.25, -0.2) is 4.79 Å². The third-order valence-corrected chi connectivity index (χ3v) is 2.56. The monoisotopic (exact) mass is 201 g/mol. The Morgan fingerprint density at radius 2 is 2.07 bits per heavy atom. The van der Waals surface area contributed by atoms with Crippen molar-refractivity contribution >= 4 is 6.03 Å². The Bertz CT molecular complexity index is 187. The zero-order chi connectivity index (χ0) is 10.4. The molecular formula is C9H19N3O2. The first-order valence-corrected chi connectivity index (χ1v) is 5.15. The van der Waals surface area contributed by atoms with E-state index in [0.717, 1.165) is 25.7 Å². The molecule has 5 N–H and O–H groups in total. The highest BCUT2D eigenvalue weighted by Gasteiger charge is 2.21. The number of amides is 2. The van der Waals surface area contributed by atoms with Crippen LogP contribution < -0.4 is 16.4 Å². The number of nitrogens with two attached hydrogens (primary N) is 1. The first-order valence-electron chi connectivity index (χ1n) is 5.15. The predicted octanol–water partition coefficient (Wildman–Crippen LogP) is -0.452. The second-order valence-electron chi connectivity index (χ2n) is 3.70. The van der Waals surface area contributed by atoms with Gasteiger partial charge in [-0.1, -0.05) is 12.8 Å². The van der Waals surface area contributed by atoms with Gasteiger partial charge in [0, 0.05) is 19.1 Å². The van der Waals surface area contributed by atoms with Gasteiger partial charge in [-0.05, 0) is 12.8 Å². The van der Waals surface area contributed by atoms with E-state index in [1.54, 1.807) is 0 Å². The number of urea groups is 1. The molecule has 5 heteroatoms. The molecule has 0 heterocycles. The Morgan fingerprint density at radius 3 is 2.71 bits per heavy atom. The number of nitrogens with one attached hydrogen (secondary N) is 2. The number of hydrogen-bond acceptors (Lipinski definition) is 3. The molecule has 0 aromatic carbocycles. The lowest BCUT2D eigenvalue weighted by atomic mass is 9.93. The van der Waals surface area contributed by atoms with Gasteiger partial charge in [0.1, 0.15) is 0 Å². The molecule has 0 radical (unpaired) electrons. The minimum Gasteiger partial charge on any atom is -0.392 e. The molecule has 1 rings (SSSR count). The van der Waals surface area contributed by atoms with Gasteiger partial charge in [-0.3, -0.25) is 0 Å². The van der Waals surface area contributed by atoms with Crippen molar-refractivity contribution in [2.24, 2.45) is 5.73 Å². The topological polar surface area (TPSA) is 87.4 Å². The predicted molar refractivity (Wildman–Crippen MR) is 53.9 cm³/mol. The molecule has 0 bridgehead atoms. The van der Waals surface area contributed by atoms with Crippen LogP contribution in [-0.2, 0) is 0 Å². The van der Waals surface area contributed by atoms with Gasteiger partial charge in [-0.15, -0.1) is 0 Å². The first kappa shape index (κ1) is 11.3. The van der Waals surface area contributed by atoms with Crippen molar-refractivity contribution in [2.75, 3.05) is 13.1 Å². The summed E-state index contributed by atoms with van der Waals surface area (Å²) in [6.45, 7) is 1.17. The summed E-state index contributed by atoms with van der Waals surface area (Å²) in [6, 6.07) is -0.325. The van der Waals surface area contributed by atoms with Gasteiger partial charge >= 0.3 is 6.03 Å². The fraction of sp³-hybridized carbons (Fsp3) is 0.889. The third kappa shape index (κ3) is 3.93. The van der Waals surface area contributed by atoms with Crippen molar-refractivity contribution in [2.45, 2.75) is 37.8 Å². The highest BCUT2D eigenvalue weighted by Crippen LogP contribution is 2.17. The molecule has 1 aliphatic rings. The van der Waals surface area contributed by atoms with Crippen LogP contribution in [0.3, 0.4) is 0 Å². The molecule has 2 amide bonds. The molecule has 5 nitrogen and oxygen atoms in total. The number of aliphatic hydroxyl groups is 1. The summed E-state index contributed by atoms with van der Waals surface area (Å²) in [7, 11) is 0. The van der Waals surface area contributed by atoms with Crippen LogP contribution in [0.15, 0.2) is 0 Å². The van der Waals surface area contributed by atoms with Crippen LogP contribution in [0.2, 0.25) is 0 Å². The summed E-state index contributed by atoms with van der Waals surface area (Å²) in [5.74, 6) is 0. The van der Waals surface area contributed by atoms with E-state index < -0.39 is 6.03 Å². The summed E-state index contributed by atoms with van der Waals surface area (Å²) in [4.78, 5) is 10.3. The van der Waals surface area contributed by atoms with Crippen LogP contribution in [0.25, 0.3) is 0 Å². The largest absolute Gasteiger partial charge is 0.392 e. The van der Waals surface area contributed by atoms with Gasteiger partial charge in [-0.2, -0.15) is 0 Å². The van der Waals surface area contributed by atoms with Crippen molar-refractivity contribution in [3.05, 3.63) is 0 Å². The van der Waals surface area contributed by atoms with Crippen molar-refractivity contribution in [1.82, 2.24) is 10.6 Å². The van der Waals surface area contributed by atoms with Gasteiger partial charge < -0.3 is 21.5 Å². The molecule has 0 unspecified atom stereocenters. The van der Waals surface area contributed by atoms with Gasteiger partial charge in [0.2, 0.25) is 0 Å². The minimum absolute atomic E-state index is 0.179. The molecule has 0 aromatic rings. The average molecular weight is 201 g/mol. The summed E-state index contributed by atoms with van der Waals surface area (Å²) in [5.41, 5.74) is 4.91. The van der Waals surface area contributed by atoms with Crippen molar-refractivity contribution in [3.63, 3.8) is 0 Å². The molecule has 82 valence electrons. The SMILES string of the molecule is NC(=O)NCCN[C@@H]1CCCC[C@H]1O. The number of carbonyl (C=O) groups is 1. The summed E-state index contributed by atoms with van der Waals surface area (Å²) < 4.78 is 0. The normalized spacial score (nSPS) is 27.2. The van der Waals surface area contributed by atoms with E-state index in [2.05, 4.69) is 10.6 Å². The van der Waals surface area contributed by atoms with Crippen LogP contribution in [0.1, 0.15) is 25.7 Å². The summed E-state index contributed by atoms with van der Waals surface area (Å²) in [5, 5.41) is 15.3. The third-order valence-electron chi connectivity index (χ3n) is 2.56. The van der Waals surface area contributed by atoms with Crippen molar-refractivity contribution < 1.29 is 9.90 Å². The fourth-order valence-corrected chi connectivity index (χ4v) is 1.79. The zero-order valence-electron chi connectivity index (χ0n) is 8.33. The second-order valence-corrected chi connectivity index (χ2v) is 3.70. The number of primary amides is 1. The summed E-state index contributed by atoms with van der Waals surface area (Å²) >= 11 is 0. The summed E-state index contributed by atoms with van der Waals surface area (Å²) in [6.07, 6.45) is 3.92. The van der Waals surface area contributed by atoms with Crippen molar-refractivity contribution in [3.8, 4) is 0 Å². The van der Waals surface area contributed by atoms with Crippen LogP contribution in [0.4, 0.5) is 4.79 Å². The Morgan fingerprint density at radius 1 is 1.36 bits per heavy atom. The highest BCUT2D eigenvalue weighted by atomic mass is 16.3.